The number of β-amino-alcohol motifs (C(OH)–C–C–N with tert-alkyl or cyclic N) is 1. The van der Waals surface area contributed by atoms with Crippen molar-refractivity contribution in [2.24, 2.45) is 5.41 Å². The molecular formula is C33H43N3O4. The first-order chi connectivity index (χ1) is 19.1. The first kappa shape index (κ1) is 27.4. The van der Waals surface area contributed by atoms with Crippen molar-refractivity contribution < 1.29 is 19.8 Å². The molecule has 3 heterocycles. The number of benzene rings is 2. The van der Waals surface area contributed by atoms with E-state index in [2.05, 4.69) is 31.3 Å². The molecule has 214 valence electrons. The molecule has 4 aliphatic rings. The average Bonchev–Trinajstić information content (AvgIpc) is 2.97. The maximum absolute atomic E-state index is 13.6. The molecule has 3 aliphatic heterocycles. The third kappa shape index (κ3) is 5.19. The number of nitrogens with one attached hydrogen (secondary N) is 1. The highest BCUT2D eigenvalue weighted by Crippen LogP contribution is 2.45. The van der Waals surface area contributed by atoms with Gasteiger partial charge >= 0.3 is 0 Å². The van der Waals surface area contributed by atoms with Crippen LogP contribution in [-0.2, 0) is 18.4 Å². The van der Waals surface area contributed by atoms with Crippen molar-refractivity contribution in [3.05, 3.63) is 70.3 Å². The molecule has 0 unspecified atom stereocenters. The molecule has 6 rings (SSSR count). The van der Waals surface area contributed by atoms with Crippen LogP contribution >= 0.6 is 0 Å². The van der Waals surface area contributed by atoms with E-state index in [1.807, 2.05) is 29.2 Å². The van der Waals surface area contributed by atoms with Gasteiger partial charge in [0.1, 0.15) is 0 Å². The number of hydrogen-bond acceptors (Lipinski definition) is 5. The van der Waals surface area contributed by atoms with Crippen LogP contribution in [-0.4, -0.2) is 76.3 Å². The smallest absolute Gasteiger partial charge is 0.254 e. The van der Waals surface area contributed by atoms with Crippen molar-refractivity contribution in [2.45, 2.75) is 89.0 Å². The molecule has 1 spiro atoms. The highest BCUT2D eigenvalue weighted by molar-refractivity contribution is 6.00. The highest BCUT2D eigenvalue weighted by atomic mass is 16.3. The minimum Gasteiger partial charge on any atom is -0.393 e. The minimum absolute atomic E-state index is 0.0400. The van der Waals surface area contributed by atoms with E-state index in [1.54, 1.807) is 11.0 Å². The summed E-state index contributed by atoms with van der Waals surface area (Å²) in [4.78, 5) is 30.8. The molecule has 2 atom stereocenters. The monoisotopic (exact) mass is 545 g/mol. The molecule has 0 bridgehead atoms. The normalized spacial score (nSPS) is 24.9. The van der Waals surface area contributed by atoms with Crippen LogP contribution < -0.4 is 5.32 Å². The first-order valence-electron chi connectivity index (χ1n) is 15.0. The molecule has 2 aromatic carbocycles. The fourth-order valence-corrected chi connectivity index (χ4v) is 7.56. The van der Waals surface area contributed by atoms with Crippen molar-refractivity contribution >= 4 is 11.8 Å². The topological polar surface area (TPSA) is 93.1 Å². The average molecular weight is 546 g/mol. The summed E-state index contributed by atoms with van der Waals surface area (Å²) in [6, 6.07) is 13.7. The fourth-order valence-electron chi connectivity index (χ4n) is 7.56. The fraction of sp³-hybridized carbons (Fsp3) is 0.576. The van der Waals surface area contributed by atoms with Crippen LogP contribution in [0.4, 0.5) is 0 Å². The Morgan fingerprint density at radius 1 is 1.05 bits per heavy atom. The summed E-state index contributed by atoms with van der Waals surface area (Å²) in [5, 5.41) is 24.5. The Labute approximate surface area is 237 Å². The number of amides is 2. The van der Waals surface area contributed by atoms with E-state index in [4.69, 9.17) is 0 Å². The molecule has 7 nitrogen and oxygen atoms in total. The Hall–Kier alpha value is -2.74. The largest absolute Gasteiger partial charge is 0.393 e. The van der Waals surface area contributed by atoms with E-state index >= 15 is 0 Å². The van der Waals surface area contributed by atoms with Gasteiger partial charge in [-0.1, -0.05) is 38.1 Å². The Balaban J connectivity index is 1.12. The molecule has 3 N–H and O–H groups in total. The van der Waals surface area contributed by atoms with E-state index in [0.717, 1.165) is 70.1 Å². The predicted octanol–water partition coefficient (Wildman–Crippen LogP) is 3.65. The second kappa shape index (κ2) is 10.6. The molecule has 2 amide bonds. The number of likely N-dealkylation sites (tertiary alicyclic amines) is 1. The van der Waals surface area contributed by atoms with Crippen molar-refractivity contribution in [3.63, 3.8) is 0 Å². The van der Waals surface area contributed by atoms with E-state index < -0.39 is 6.10 Å². The van der Waals surface area contributed by atoms with Crippen molar-refractivity contribution in [3.8, 4) is 0 Å². The van der Waals surface area contributed by atoms with E-state index in [-0.39, 0.29) is 41.3 Å². The summed E-state index contributed by atoms with van der Waals surface area (Å²) in [7, 11) is 0. The third-order valence-electron chi connectivity index (χ3n) is 10.2. The van der Waals surface area contributed by atoms with Crippen LogP contribution in [0.5, 0.6) is 0 Å². The Kier molecular flexibility index (Phi) is 7.26. The highest BCUT2D eigenvalue weighted by Gasteiger charge is 2.41. The van der Waals surface area contributed by atoms with E-state index in [1.165, 1.54) is 11.1 Å². The Morgan fingerprint density at radius 2 is 1.75 bits per heavy atom. The number of fused-ring (bicyclic) bond motifs is 2. The quantitative estimate of drug-likeness (QED) is 0.546. The lowest BCUT2D eigenvalue weighted by Crippen LogP contribution is -2.54. The Bertz CT molecular complexity index is 1270. The zero-order chi connectivity index (χ0) is 28.1. The standard InChI is InChI=1S/C33H43N3O4/c1-32(2)21-36(20-29(38)28-18-22-5-3-4-6-24(22)19-34-28)31(40)26-8-7-23(17-27(26)32)30(39)35-15-13-33(14-16-35)11-9-25(37)10-12-33/h3-8,17,25,28-29,34,37-38H,9-16,18-21H2,1-2H3/t28-,29+/m0/s1. The van der Waals surface area contributed by atoms with E-state index in [9.17, 15) is 19.8 Å². The molecule has 2 fully saturated rings. The first-order valence-corrected chi connectivity index (χ1v) is 15.0. The summed E-state index contributed by atoms with van der Waals surface area (Å²) in [5.41, 5.74) is 4.63. The summed E-state index contributed by atoms with van der Waals surface area (Å²) in [6.45, 7) is 7.22. The third-order valence-corrected chi connectivity index (χ3v) is 10.2. The molecule has 1 aliphatic carbocycles. The number of hydrogen-bond donors (Lipinski definition) is 3. The molecule has 1 saturated carbocycles. The number of carbonyl (C=O) groups is 2. The molecule has 1 saturated heterocycles. The molecule has 0 aromatic heterocycles. The number of aliphatic hydroxyl groups excluding tert-OH is 2. The second-order valence-electron chi connectivity index (χ2n) is 13.4. The van der Waals surface area contributed by atoms with Crippen LogP contribution in [0, 0.1) is 5.41 Å². The van der Waals surface area contributed by atoms with Crippen LogP contribution in [0.2, 0.25) is 0 Å². The maximum atomic E-state index is 13.6. The molecule has 0 radical (unpaired) electrons. The van der Waals surface area contributed by atoms with Gasteiger partial charge in [-0.3, -0.25) is 9.59 Å². The summed E-state index contributed by atoms with van der Waals surface area (Å²) in [6.07, 6.45) is 5.77. The van der Waals surface area contributed by atoms with Gasteiger partial charge in [-0.2, -0.15) is 0 Å². The maximum Gasteiger partial charge on any atom is 0.254 e. The summed E-state index contributed by atoms with van der Waals surface area (Å²) in [5.74, 6) is -0.0405. The lowest BCUT2D eigenvalue weighted by molar-refractivity contribution is 0.0168. The minimum atomic E-state index is -0.676. The number of rotatable bonds is 4. The van der Waals surface area contributed by atoms with Gasteiger partial charge in [0.05, 0.1) is 12.2 Å². The SMILES string of the molecule is CC1(C)CN(C[C@@H](O)[C@@H]2Cc3ccccc3CN2)C(=O)c2ccc(C(=O)N3CCC4(CCC(O)CC4)CC3)cc21. The lowest BCUT2D eigenvalue weighted by atomic mass is 9.67. The molecular weight excluding hydrogens is 502 g/mol. The van der Waals surface area contributed by atoms with Crippen molar-refractivity contribution in [1.82, 2.24) is 15.1 Å². The number of carbonyl (C=O) groups excluding carboxylic acids is 2. The van der Waals surface area contributed by atoms with Gasteiger partial charge in [-0.15, -0.1) is 0 Å². The van der Waals surface area contributed by atoms with Gasteiger partial charge in [0.15, 0.2) is 0 Å². The molecule has 2 aromatic rings. The van der Waals surface area contributed by atoms with Gasteiger partial charge in [0.25, 0.3) is 11.8 Å². The summed E-state index contributed by atoms with van der Waals surface area (Å²) >= 11 is 0. The van der Waals surface area contributed by atoms with E-state index in [0.29, 0.717) is 17.7 Å². The van der Waals surface area contributed by atoms with Crippen LogP contribution in [0.25, 0.3) is 0 Å². The Morgan fingerprint density at radius 3 is 2.48 bits per heavy atom. The number of nitrogens with zero attached hydrogens (tertiary/aromatic N) is 2. The van der Waals surface area contributed by atoms with Gasteiger partial charge in [0.2, 0.25) is 0 Å². The number of aliphatic hydroxyl groups is 2. The van der Waals surface area contributed by atoms with Gasteiger partial charge in [-0.05, 0) is 85.3 Å². The zero-order valence-corrected chi connectivity index (χ0v) is 23.9. The van der Waals surface area contributed by atoms with Crippen molar-refractivity contribution in [2.75, 3.05) is 26.2 Å². The molecule has 7 heteroatoms. The van der Waals surface area contributed by atoms with Crippen LogP contribution in [0.3, 0.4) is 0 Å². The van der Waals surface area contributed by atoms with Gasteiger partial charge in [-0.25, -0.2) is 0 Å². The zero-order valence-electron chi connectivity index (χ0n) is 23.9. The predicted molar refractivity (Wildman–Crippen MR) is 154 cm³/mol. The van der Waals surface area contributed by atoms with Gasteiger partial charge in [0, 0.05) is 55.3 Å². The number of piperidine rings is 1. The van der Waals surface area contributed by atoms with Crippen molar-refractivity contribution in [1.29, 1.82) is 0 Å². The summed E-state index contributed by atoms with van der Waals surface area (Å²) < 4.78 is 0. The van der Waals surface area contributed by atoms with Crippen LogP contribution in [0.15, 0.2) is 42.5 Å². The lowest BCUT2D eigenvalue weighted by Gasteiger charge is -2.45. The van der Waals surface area contributed by atoms with Crippen LogP contribution in [0.1, 0.15) is 89.8 Å². The second-order valence-corrected chi connectivity index (χ2v) is 13.4. The molecule has 40 heavy (non-hydrogen) atoms. The van der Waals surface area contributed by atoms with Gasteiger partial charge < -0.3 is 25.3 Å².